The predicted molar refractivity (Wildman–Crippen MR) is 75.1 cm³/mol. The van der Waals surface area contributed by atoms with Crippen LogP contribution in [0.25, 0.3) is 0 Å². The molecule has 2 amide bonds. The first-order chi connectivity index (χ1) is 9.65. The highest BCUT2D eigenvalue weighted by Gasteiger charge is 2.32. The molecule has 20 heavy (non-hydrogen) atoms. The van der Waals surface area contributed by atoms with E-state index < -0.39 is 12.0 Å². The fourth-order valence-corrected chi connectivity index (χ4v) is 3.88. The summed E-state index contributed by atoms with van der Waals surface area (Å²) in [4.78, 5) is 30.5. The first-order valence-corrected chi connectivity index (χ1v) is 7.76. The highest BCUT2D eigenvalue weighted by molar-refractivity contribution is 7.15. The zero-order valence-corrected chi connectivity index (χ0v) is 11.9. The lowest BCUT2D eigenvalue weighted by Crippen LogP contribution is -2.49. The molecule has 2 N–H and O–H groups in total. The molecule has 0 bridgehead atoms. The predicted octanol–water partition coefficient (Wildman–Crippen LogP) is 2.10. The SMILES string of the molecule is O=C(O)C1CCCCN1C(=O)Nc1nc2c(s1)CCC2. The number of hydrogen-bond donors (Lipinski definition) is 2. The summed E-state index contributed by atoms with van der Waals surface area (Å²) < 4.78 is 0. The van der Waals surface area contributed by atoms with E-state index in [0.717, 1.165) is 37.8 Å². The number of carboxylic acid groups (broad SMARTS) is 1. The second-order valence-electron chi connectivity index (χ2n) is 5.22. The molecule has 1 unspecified atom stereocenters. The molecule has 1 aliphatic heterocycles. The van der Waals surface area contributed by atoms with Crippen LogP contribution in [0, 0.1) is 0 Å². The molecule has 108 valence electrons. The van der Waals surface area contributed by atoms with E-state index in [1.165, 1.54) is 21.1 Å². The van der Waals surface area contributed by atoms with Crippen LogP contribution in [0.5, 0.6) is 0 Å². The lowest BCUT2D eigenvalue weighted by molar-refractivity contribution is -0.143. The molecule has 7 heteroatoms. The number of nitrogens with one attached hydrogen (secondary N) is 1. The van der Waals surface area contributed by atoms with Gasteiger partial charge in [-0.25, -0.2) is 14.6 Å². The number of fused-ring (bicyclic) bond motifs is 1. The van der Waals surface area contributed by atoms with Gasteiger partial charge in [0.05, 0.1) is 5.69 Å². The third-order valence-electron chi connectivity index (χ3n) is 3.86. The minimum absolute atomic E-state index is 0.343. The molecular formula is C13H17N3O3S. The zero-order chi connectivity index (χ0) is 14.1. The van der Waals surface area contributed by atoms with Gasteiger partial charge in [0.25, 0.3) is 0 Å². The van der Waals surface area contributed by atoms with Gasteiger partial charge in [0.1, 0.15) is 6.04 Å². The first kappa shape index (κ1) is 13.4. The van der Waals surface area contributed by atoms with E-state index in [1.807, 2.05) is 0 Å². The van der Waals surface area contributed by atoms with Gasteiger partial charge in [-0.1, -0.05) is 0 Å². The van der Waals surface area contributed by atoms with Crippen LogP contribution >= 0.6 is 11.3 Å². The van der Waals surface area contributed by atoms with Crippen molar-refractivity contribution in [2.24, 2.45) is 0 Å². The maximum atomic E-state index is 12.2. The summed E-state index contributed by atoms with van der Waals surface area (Å²) in [6.07, 6.45) is 5.37. The van der Waals surface area contributed by atoms with Crippen molar-refractivity contribution >= 4 is 28.5 Å². The Balaban J connectivity index is 1.69. The van der Waals surface area contributed by atoms with Crippen molar-refractivity contribution in [3.8, 4) is 0 Å². The van der Waals surface area contributed by atoms with Crippen LogP contribution in [0.15, 0.2) is 0 Å². The smallest absolute Gasteiger partial charge is 0.326 e. The number of likely N-dealkylation sites (tertiary alicyclic amines) is 1. The maximum absolute atomic E-state index is 12.2. The van der Waals surface area contributed by atoms with Gasteiger partial charge in [-0.15, -0.1) is 11.3 Å². The number of rotatable bonds is 2. The average molecular weight is 295 g/mol. The summed E-state index contributed by atoms with van der Waals surface area (Å²) in [6, 6.07) is -1.06. The molecule has 2 heterocycles. The summed E-state index contributed by atoms with van der Waals surface area (Å²) in [5.74, 6) is -0.929. The summed E-state index contributed by atoms with van der Waals surface area (Å²) in [6.45, 7) is 0.494. The lowest BCUT2D eigenvalue weighted by atomic mass is 10.0. The second kappa shape index (κ2) is 5.40. The van der Waals surface area contributed by atoms with Gasteiger partial charge in [0, 0.05) is 11.4 Å². The monoisotopic (exact) mass is 295 g/mol. The summed E-state index contributed by atoms with van der Waals surface area (Å²) in [7, 11) is 0. The number of hydrogen-bond acceptors (Lipinski definition) is 4. The summed E-state index contributed by atoms with van der Waals surface area (Å²) in [5.41, 5.74) is 1.08. The lowest BCUT2D eigenvalue weighted by Gasteiger charge is -2.32. The number of nitrogens with zero attached hydrogens (tertiary/aromatic N) is 2. The molecule has 1 aromatic rings. The van der Waals surface area contributed by atoms with Crippen molar-refractivity contribution in [1.82, 2.24) is 9.88 Å². The quantitative estimate of drug-likeness (QED) is 0.875. The molecule has 0 radical (unpaired) electrons. The van der Waals surface area contributed by atoms with Gasteiger partial charge in [0.2, 0.25) is 0 Å². The number of piperidine rings is 1. The van der Waals surface area contributed by atoms with Gasteiger partial charge < -0.3 is 10.0 Å². The Kier molecular flexibility index (Phi) is 3.60. The normalized spacial score (nSPS) is 21.6. The number of aryl methyl sites for hydroxylation is 2. The van der Waals surface area contributed by atoms with Crippen molar-refractivity contribution in [3.63, 3.8) is 0 Å². The fraction of sp³-hybridized carbons (Fsp3) is 0.615. The van der Waals surface area contributed by atoms with Gasteiger partial charge in [0.15, 0.2) is 5.13 Å². The van der Waals surface area contributed by atoms with Crippen LogP contribution in [0.1, 0.15) is 36.3 Å². The van der Waals surface area contributed by atoms with Crippen LogP contribution in [0.2, 0.25) is 0 Å². The Hall–Kier alpha value is -1.63. The molecule has 0 spiro atoms. The number of urea groups is 1. The maximum Gasteiger partial charge on any atom is 0.326 e. The van der Waals surface area contributed by atoms with Crippen LogP contribution in [0.4, 0.5) is 9.93 Å². The minimum atomic E-state index is -0.929. The van der Waals surface area contributed by atoms with E-state index in [4.69, 9.17) is 0 Å². The zero-order valence-electron chi connectivity index (χ0n) is 11.1. The number of amides is 2. The number of carbonyl (C=O) groups excluding carboxylic acids is 1. The van der Waals surface area contributed by atoms with E-state index in [-0.39, 0.29) is 6.03 Å². The Bertz CT molecular complexity index is 521. The van der Waals surface area contributed by atoms with Crippen molar-refractivity contribution < 1.29 is 14.7 Å². The van der Waals surface area contributed by atoms with E-state index in [1.54, 1.807) is 0 Å². The third-order valence-corrected chi connectivity index (χ3v) is 4.93. The standard InChI is InChI=1S/C13H17N3O3S/c17-11(18)9-5-1-2-7-16(9)13(19)15-12-14-8-4-3-6-10(8)20-12/h9H,1-7H2,(H,17,18)(H,14,15,19). The first-order valence-electron chi connectivity index (χ1n) is 6.94. The van der Waals surface area contributed by atoms with Gasteiger partial charge >= 0.3 is 12.0 Å². The second-order valence-corrected chi connectivity index (χ2v) is 6.30. The van der Waals surface area contributed by atoms with Crippen molar-refractivity contribution in [2.45, 2.75) is 44.6 Å². The molecule has 1 aliphatic carbocycles. The Morgan fingerprint density at radius 2 is 2.15 bits per heavy atom. The van der Waals surface area contributed by atoms with Gasteiger partial charge in [-0.05, 0) is 38.5 Å². The highest BCUT2D eigenvalue weighted by atomic mass is 32.1. The Morgan fingerprint density at radius 1 is 1.30 bits per heavy atom. The molecule has 1 atom stereocenters. The molecule has 0 aromatic carbocycles. The highest BCUT2D eigenvalue weighted by Crippen LogP contribution is 2.30. The molecule has 1 fully saturated rings. The summed E-state index contributed by atoms with van der Waals surface area (Å²) in [5, 5.41) is 12.5. The number of aromatic nitrogens is 1. The molecule has 1 saturated heterocycles. The largest absolute Gasteiger partial charge is 0.480 e. The number of thiazole rings is 1. The van der Waals surface area contributed by atoms with E-state index in [9.17, 15) is 14.7 Å². The van der Waals surface area contributed by atoms with Crippen LogP contribution in [-0.2, 0) is 17.6 Å². The van der Waals surface area contributed by atoms with Crippen molar-refractivity contribution in [3.05, 3.63) is 10.6 Å². The number of aliphatic carboxylic acids is 1. The summed E-state index contributed by atoms with van der Waals surface area (Å²) >= 11 is 1.51. The van der Waals surface area contributed by atoms with Gasteiger partial charge in [-0.3, -0.25) is 5.32 Å². The van der Waals surface area contributed by atoms with Crippen LogP contribution < -0.4 is 5.32 Å². The molecule has 1 aromatic heterocycles. The Morgan fingerprint density at radius 3 is 2.90 bits per heavy atom. The number of anilines is 1. The van der Waals surface area contributed by atoms with Crippen LogP contribution in [-0.4, -0.2) is 39.6 Å². The van der Waals surface area contributed by atoms with E-state index in [0.29, 0.717) is 18.1 Å². The van der Waals surface area contributed by atoms with Crippen molar-refractivity contribution in [1.29, 1.82) is 0 Å². The number of carbonyl (C=O) groups is 2. The Labute approximate surface area is 120 Å². The molecule has 0 saturated carbocycles. The minimum Gasteiger partial charge on any atom is -0.480 e. The third kappa shape index (κ3) is 2.49. The van der Waals surface area contributed by atoms with E-state index >= 15 is 0 Å². The van der Waals surface area contributed by atoms with Crippen molar-refractivity contribution in [2.75, 3.05) is 11.9 Å². The molecular weight excluding hydrogens is 278 g/mol. The molecule has 6 nitrogen and oxygen atoms in total. The van der Waals surface area contributed by atoms with E-state index in [2.05, 4.69) is 10.3 Å². The topological polar surface area (TPSA) is 82.5 Å². The fourth-order valence-electron chi connectivity index (χ4n) is 2.84. The van der Waals surface area contributed by atoms with Crippen LogP contribution in [0.3, 0.4) is 0 Å². The number of carboxylic acids is 1. The average Bonchev–Trinajstić information content (AvgIpc) is 2.99. The molecule has 3 rings (SSSR count). The van der Waals surface area contributed by atoms with Gasteiger partial charge in [-0.2, -0.15) is 0 Å². The molecule has 2 aliphatic rings.